The predicted octanol–water partition coefficient (Wildman–Crippen LogP) is 1.42. The lowest BCUT2D eigenvalue weighted by atomic mass is 9.81. The number of aromatic nitrogens is 1. The van der Waals surface area contributed by atoms with Crippen LogP contribution in [0.15, 0.2) is 18.3 Å². The molecule has 4 rings (SSSR count). The Kier molecular flexibility index (Phi) is 5.30. The predicted molar refractivity (Wildman–Crippen MR) is 103 cm³/mol. The van der Waals surface area contributed by atoms with Crippen LogP contribution < -0.4 is 10.2 Å². The molecule has 8 nitrogen and oxygen atoms in total. The maximum atomic E-state index is 12.7. The molecule has 3 aliphatic rings. The van der Waals surface area contributed by atoms with Crippen molar-refractivity contribution >= 4 is 29.2 Å². The lowest BCUT2D eigenvalue weighted by Gasteiger charge is -2.27. The van der Waals surface area contributed by atoms with Crippen molar-refractivity contribution in [3.63, 3.8) is 0 Å². The van der Waals surface area contributed by atoms with Gasteiger partial charge in [0.05, 0.1) is 36.9 Å². The van der Waals surface area contributed by atoms with Crippen molar-refractivity contribution < 1.29 is 19.1 Å². The van der Waals surface area contributed by atoms with Crippen molar-refractivity contribution in [2.75, 3.05) is 36.5 Å². The van der Waals surface area contributed by atoms with Gasteiger partial charge in [0.15, 0.2) is 0 Å². The summed E-state index contributed by atoms with van der Waals surface area (Å²) in [7, 11) is 0. The Morgan fingerprint density at radius 3 is 2.36 bits per heavy atom. The number of fused-ring (bicyclic) bond motifs is 1. The molecule has 2 saturated heterocycles. The summed E-state index contributed by atoms with van der Waals surface area (Å²) in [6, 6.07) is 2.81. The molecule has 3 heterocycles. The van der Waals surface area contributed by atoms with Gasteiger partial charge in [-0.1, -0.05) is 12.8 Å². The second-order valence-corrected chi connectivity index (χ2v) is 7.71. The van der Waals surface area contributed by atoms with Gasteiger partial charge in [-0.3, -0.25) is 19.3 Å². The van der Waals surface area contributed by atoms with Gasteiger partial charge in [-0.25, -0.2) is 4.98 Å². The molecule has 1 aliphatic carbocycles. The van der Waals surface area contributed by atoms with Crippen LogP contribution in [0.1, 0.15) is 32.6 Å². The topological polar surface area (TPSA) is 91.8 Å². The molecule has 3 fully saturated rings. The van der Waals surface area contributed by atoms with E-state index in [1.165, 1.54) is 4.90 Å². The van der Waals surface area contributed by atoms with Crippen molar-refractivity contribution in [3.05, 3.63) is 18.3 Å². The fraction of sp³-hybridized carbons (Fsp3) is 0.600. The molecule has 3 atom stereocenters. The van der Waals surface area contributed by atoms with Crippen molar-refractivity contribution in [1.82, 2.24) is 9.88 Å². The zero-order valence-corrected chi connectivity index (χ0v) is 16.1. The van der Waals surface area contributed by atoms with E-state index >= 15 is 0 Å². The van der Waals surface area contributed by atoms with Gasteiger partial charge in [-0.2, -0.15) is 0 Å². The first-order valence-electron chi connectivity index (χ1n) is 10.0. The lowest BCUT2D eigenvalue weighted by molar-refractivity contribution is -0.146. The number of ether oxygens (including phenoxy) is 1. The highest BCUT2D eigenvalue weighted by molar-refractivity contribution is 6.09. The molecule has 1 N–H and O–H groups in total. The number of carbonyl (C=O) groups excluding carboxylic acids is 3. The van der Waals surface area contributed by atoms with E-state index in [2.05, 4.69) is 15.2 Å². The van der Waals surface area contributed by atoms with E-state index in [-0.39, 0.29) is 29.6 Å². The summed E-state index contributed by atoms with van der Waals surface area (Å²) in [5.41, 5.74) is 0.547. The SMILES string of the molecule is C[C@H](C(=O)Nc1ccc(N2CCOCC2)nc1)N1C(=O)[C@H]2CCCC[C@@H]2C1=O. The summed E-state index contributed by atoms with van der Waals surface area (Å²) in [5.74, 6) is -0.419. The first kappa shape index (κ1) is 18.9. The number of pyridine rings is 1. The van der Waals surface area contributed by atoms with Gasteiger partial charge in [0.1, 0.15) is 11.9 Å². The third kappa shape index (κ3) is 3.48. The lowest BCUT2D eigenvalue weighted by Crippen LogP contribution is -2.46. The largest absolute Gasteiger partial charge is 0.378 e. The van der Waals surface area contributed by atoms with Crippen LogP contribution in [0.25, 0.3) is 0 Å². The molecule has 0 spiro atoms. The van der Waals surface area contributed by atoms with Crippen LogP contribution in [0.4, 0.5) is 11.5 Å². The summed E-state index contributed by atoms with van der Waals surface area (Å²) in [5, 5.41) is 2.78. The normalized spacial score (nSPS) is 26.2. The van der Waals surface area contributed by atoms with Crippen LogP contribution in [0.5, 0.6) is 0 Å². The maximum absolute atomic E-state index is 12.7. The molecule has 1 saturated carbocycles. The number of nitrogens with one attached hydrogen (secondary N) is 1. The average molecular weight is 386 g/mol. The summed E-state index contributed by atoms with van der Waals surface area (Å²) >= 11 is 0. The Balaban J connectivity index is 1.40. The molecule has 28 heavy (non-hydrogen) atoms. The molecule has 2 aliphatic heterocycles. The van der Waals surface area contributed by atoms with Gasteiger partial charge in [-0.05, 0) is 31.9 Å². The third-order valence-electron chi connectivity index (χ3n) is 5.99. The van der Waals surface area contributed by atoms with Gasteiger partial charge >= 0.3 is 0 Å². The number of amides is 3. The van der Waals surface area contributed by atoms with Gasteiger partial charge in [0.2, 0.25) is 17.7 Å². The van der Waals surface area contributed by atoms with E-state index in [1.807, 2.05) is 6.07 Å². The van der Waals surface area contributed by atoms with E-state index < -0.39 is 6.04 Å². The molecule has 1 aromatic heterocycles. The minimum absolute atomic E-state index is 0.196. The molecule has 0 radical (unpaired) electrons. The molecule has 0 aromatic carbocycles. The van der Waals surface area contributed by atoms with Gasteiger partial charge in [0, 0.05) is 13.1 Å². The van der Waals surface area contributed by atoms with E-state index in [0.717, 1.165) is 44.6 Å². The van der Waals surface area contributed by atoms with Crippen LogP contribution in [0, 0.1) is 11.8 Å². The minimum atomic E-state index is -0.829. The fourth-order valence-electron chi connectivity index (χ4n) is 4.37. The van der Waals surface area contributed by atoms with Crippen LogP contribution in [0.2, 0.25) is 0 Å². The highest BCUT2D eigenvalue weighted by atomic mass is 16.5. The van der Waals surface area contributed by atoms with Crippen molar-refractivity contribution in [3.8, 4) is 0 Å². The standard InChI is InChI=1S/C20H26N4O4/c1-13(24-19(26)15-4-2-3-5-16(15)20(24)27)18(25)22-14-6-7-17(21-12-14)23-8-10-28-11-9-23/h6-7,12-13,15-16H,2-5,8-11H2,1H3,(H,22,25)/t13-,15+,16+/m1/s1. The zero-order chi connectivity index (χ0) is 19.7. The van der Waals surface area contributed by atoms with Gasteiger partial charge < -0.3 is 15.0 Å². The van der Waals surface area contributed by atoms with Crippen molar-refractivity contribution in [2.45, 2.75) is 38.6 Å². The second-order valence-electron chi connectivity index (χ2n) is 7.71. The minimum Gasteiger partial charge on any atom is -0.378 e. The Morgan fingerprint density at radius 1 is 1.14 bits per heavy atom. The zero-order valence-electron chi connectivity index (χ0n) is 16.1. The van der Waals surface area contributed by atoms with Crippen molar-refractivity contribution in [1.29, 1.82) is 0 Å². The first-order chi connectivity index (χ1) is 13.6. The van der Waals surface area contributed by atoms with E-state index in [9.17, 15) is 14.4 Å². The molecular formula is C20H26N4O4. The van der Waals surface area contributed by atoms with Crippen LogP contribution in [0.3, 0.4) is 0 Å². The van der Waals surface area contributed by atoms with Crippen molar-refractivity contribution in [2.24, 2.45) is 11.8 Å². The van der Waals surface area contributed by atoms with E-state index in [0.29, 0.717) is 18.9 Å². The van der Waals surface area contributed by atoms with E-state index in [1.54, 1.807) is 19.2 Å². The monoisotopic (exact) mass is 386 g/mol. The molecular weight excluding hydrogens is 360 g/mol. The number of nitrogens with zero attached hydrogens (tertiary/aromatic N) is 3. The Morgan fingerprint density at radius 2 is 1.79 bits per heavy atom. The second kappa shape index (κ2) is 7.87. The van der Waals surface area contributed by atoms with Crippen LogP contribution in [-0.4, -0.2) is 60.0 Å². The molecule has 150 valence electrons. The summed E-state index contributed by atoms with van der Waals surface area (Å²) in [4.78, 5) is 45.7. The van der Waals surface area contributed by atoms with Gasteiger partial charge in [-0.15, -0.1) is 0 Å². The summed E-state index contributed by atoms with van der Waals surface area (Å²) < 4.78 is 5.34. The number of imide groups is 1. The molecule has 0 unspecified atom stereocenters. The fourth-order valence-corrected chi connectivity index (χ4v) is 4.37. The van der Waals surface area contributed by atoms with Crippen LogP contribution in [-0.2, 0) is 19.1 Å². The highest BCUT2D eigenvalue weighted by Crippen LogP contribution is 2.38. The number of anilines is 2. The number of likely N-dealkylation sites (tertiary alicyclic amines) is 1. The van der Waals surface area contributed by atoms with Crippen LogP contribution >= 0.6 is 0 Å². The number of carbonyl (C=O) groups is 3. The Bertz CT molecular complexity index is 736. The number of hydrogen-bond acceptors (Lipinski definition) is 6. The maximum Gasteiger partial charge on any atom is 0.247 e. The summed E-state index contributed by atoms with van der Waals surface area (Å²) in [6.45, 7) is 4.54. The third-order valence-corrected chi connectivity index (χ3v) is 5.99. The number of hydrogen-bond donors (Lipinski definition) is 1. The molecule has 1 aromatic rings. The Hall–Kier alpha value is -2.48. The van der Waals surface area contributed by atoms with Gasteiger partial charge in [0.25, 0.3) is 0 Å². The first-order valence-corrected chi connectivity index (χ1v) is 10.0. The number of rotatable bonds is 4. The quantitative estimate of drug-likeness (QED) is 0.787. The number of morpholine rings is 1. The smallest absolute Gasteiger partial charge is 0.247 e. The molecule has 3 amide bonds. The van der Waals surface area contributed by atoms with E-state index in [4.69, 9.17) is 4.74 Å². The summed E-state index contributed by atoms with van der Waals surface area (Å²) in [6.07, 6.45) is 5.02. The molecule has 8 heteroatoms. The highest BCUT2D eigenvalue weighted by Gasteiger charge is 2.50. The Labute approximate surface area is 164 Å². The average Bonchev–Trinajstić information content (AvgIpc) is 2.99. The molecule has 0 bridgehead atoms.